The monoisotopic (exact) mass is 780 g/mol. The van der Waals surface area contributed by atoms with Gasteiger partial charge in [0.1, 0.15) is 22.8 Å². The average molecular weight is 782 g/mol. The largest absolute Gasteiger partial charge is 0.495 e. The van der Waals surface area contributed by atoms with E-state index in [9.17, 15) is 4.79 Å². The number of ether oxygens (including phenoxy) is 5. The Balaban J connectivity index is -0.000000638. The molecule has 0 aliphatic rings. The van der Waals surface area contributed by atoms with Crippen molar-refractivity contribution in [3.63, 3.8) is 0 Å². The van der Waals surface area contributed by atoms with Gasteiger partial charge in [-0.05, 0) is 52.8 Å². The molecule has 0 atom stereocenters. The van der Waals surface area contributed by atoms with Crippen LogP contribution in [0.2, 0.25) is 0 Å². The number of halogens is 3. The van der Waals surface area contributed by atoms with Gasteiger partial charge in [0.05, 0.1) is 63.0 Å². The van der Waals surface area contributed by atoms with Gasteiger partial charge in [0, 0.05) is 50.4 Å². The summed E-state index contributed by atoms with van der Waals surface area (Å²) >= 11 is 9.53. The van der Waals surface area contributed by atoms with E-state index in [2.05, 4.69) is 55.8 Å². The lowest BCUT2D eigenvalue weighted by molar-refractivity contribution is 0.0535. The number of nitrogens with one attached hydrogen (secondary N) is 1. The van der Waals surface area contributed by atoms with E-state index in [0.717, 1.165) is 35.8 Å². The molecule has 52 heavy (non-hydrogen) atoms. The van der Waals surface area contributed by atoms with Crippen molar-refractivity contribution in [2.24, 2.45) is 11.5 Å². The number of rotatable bonds is 6. The van der Waals surface area contributed by atoms with Gasteiger partial charge in [0.2, 0.25) is 0 Å². The van der Waals surface area contributed by atoms with Crippen molar-refractivity contribution in [1.82, 2.24) is 20.3 Å². The summed E-state index contributed by atoms with van der Waals surface area (Å²) in [5, 5.41) is 2.75. The summed E-state index contributed by atoms with van der Waals surface area (Å²) in [6.45, 7) is 12.0. The number of carbonyl (C=O) groups is 1. The highest BCUT2D eigenvalue weighted by atomic mass is 35.5. The highest BCUT2D eigenvalue weighted by molar-refractivity contribution is 6.40. The summed E-state index contributed by atoms with van der Waals surface area (Å²) in [5.74, 6) is 19.0. The quantitative estimate of drug-likeness (QED) is 0.209. The number of nitrogens with zero attached hydrogens (tertiary/aromatic N) is 3. The highest BCUT2D eigenvalue weighted by Gasteiger charge is 2.15. The van der Waals surface area contributed by atoms with Gasteiger partial charge in [0.25, 0.3) is 0 Å². The number of pyridine rings is 3. The highest BCUT2D eigenvalue weighted by Crippen LogP contribution is 2.15. The topological polar surface area (TPSA) is 166 Å². The van der Waals surface area contributed by atoms with E-state index in [0.29, 0.717) is 24.4 Å². The van der Waals surface area contributed by atoms with Crippen LogP contribution in [0.5, 0.6) is 17.2 Å². The molecule has 0 fully saturated rings. The van der Waals surface area contributed by atoms with E-state index in [4.69, 9.17) is 58.4 Å². The second-order valence-corrected chi connectivity index (χ2v) is 10.6. The molecule has 1 amide bonds. The number of hydrogen-bond acceptors (Lipinski definition) is 11. The van der Waals surface area contributed by atoms with Crippen LogP contribution in [0.1, 0.15) is 51.3 Å². The first-order valence-electron chi connectivity index (χ1n) is 15.5. The van der Waals surface area contributed by atoms with Crippen LogP contribution in [0.25, 0.3) is 0 Å². The van der Waals surface area contributed by atoms with E-state index in [1.807, 2.05) is 13.8 Å². The van der Waals surface area contributed by atoms with Crippen LogP contribution in [-0.4, -0.2) is 86.2 Å². The Hall–Kier alpha value is -4.45. The molecule has 3 rings (SSSR count). The first-order chi connectivity index (χ1) is 24.5. The van der Waals surface area contributed by atoms with Crippen molar-refractivity contribution in [2.45, 2.75) is 40.2 Å². The van der Waals surface area contributed by atoms with E-state index >= 15 is 0 Å². The molecule has 15 heteroatoms. The Morgan fingerprint density at radius 2 is 1.08 bits per heavy atom. The van der Waals surface area contributed by atoms with Crippen molar-refractivity contribution < 1.29 is 28.5 Å². The smallest absolute Gasteiger partial charge is 0.408 e. The van der Waals surface area contributed by atoms with Crippen LogP contribution in [0.3, 0.4) is 0 Å². The minimum absolute atomic E-state index is 0. The zero-order chi connectivity index (χ0) is 38.8. The molecule has 3 heterocycles. The number of hydrogen-bond donors (Lipinski definition) is 3. The molecular formula is C37H51Cl3N6O6. The fraction of sp³-hybridized carbons (Fsp3) is 0.405. The van der Waals surface area contributed by atoms with Crippen molar-refractivity contribution in [3.8, 4) is 52.8 Å². The molecule has 0 unspecified atom stereocenters. The second-order valence-electron chi connectivity index (χ2n) is 9.78. The van der Waals surface area contributed by atoms with Gasteiger partial charge >= 0.3 is 6.09 Å². The molecule has 0 aromatic carbocycles. The third kappa shape index (κ3) is 28.3. The van der Waals surface area contributed by atoms with Gasteiger partial charge < -0.3 is 40.5 Å². The van der Waals surface area contributed by atoms with E-state index in [1.54, 1.807) is 97.5 Å². The molecule has 0 bridgehead atoms. The molecule has 0 spiro atoms. The molecule has 0 radical (unpaired) electrons. The molecule has 0 saturated heterocycles. The lowest BCUT2D eigenvalue weighted by Gasteiger charge is -2.19. The van der Waals surface area contributed by atoms with Crippen molar-refractivity contribution >= 4 is 41.7 Å². The maximum absolute atomic E-state index is 11.4. The first-order valence-corrected chi connectivity index (χ1v) is 16.6. The molecule has 3 aromatic rings. The molecule has 0 saturated carbocycles. The summed E-state index contributed by atoms with van der Waals surface area (Å²) < 4.78 is 25.2. The minimum atomic E-state index is -0.510. The number of methoxy groups -OCH3 is 3. The number of alkyl carbamates (subject to hydrolysis) is 1. The summed E-state index contributed by atoms with van der Waals surface area (Å²) in [6, 6.07) is 5.26. The Morgan fingerprint density at radius 3 is 1.35 bits per heavy atom. The fourth-order valence-corrected chi connectivity index (χ4v) is 3.03. The molecule has 0 aliphatic carbocycles. The number of nitrogens with two attached hydrogens (primary N) is 2. The molecule has 12 nitrogen and oxygen atoms in total. The minimum Gasteiger partial charge on any atom is -0.495 e. The predicted octanol–water partition coefficient (Wildman–Crippen LogP) is 5.65. The van der Waals surface area contributed by atoms with Crippen molar-refractivity contribution in [2.75, 3.05) is 59.5 Å². The van der Waals surface area contributed by atoms with E-state index in [1.165, 1.54) is 0 Å². The standard InChI is InChI=1S/C14H18N2O3.2C9H10N2O.C4H10O.CH2Cl2.ClH/c1-14(2,3)19-13(17)16-8-5-6-11-10-15-9-7-12(11)18-4;2*1-12-9-4-6-11-7-8(9)3-2-5-10;1-3-5-4-2;2-1-3;/h7,9-10H,8H2,1-4H3,(H,16,17);2*4,6-7H,5,10H2,1H3;3-4H2,1-2H3;1H2;1H. The fourth-order valence-electron chi connectivity index (χ4n) is 3.03. The van der Waals surface area contributed by atoms with Crippen LogP contribution < -0.4 is 31.0 Å². The van der Waals surface area contributed by atoms with Gasteiger partial charge in [-0.1, -0.05) is 35.5 Å². The van der Waals surface area contributed by atoms with Gasteiger partial charge in [-0.3, -0.25) is 15.0 Å². The summed E-state index contributed by atoms with van der Waals surface area (Å²) in [6.07, 6.45) is 9.38. The molecule has 3 aromatic heterocycles. The lowest BCUT2D eigenvalue weighted by Crippen LogP contribution is -2.32. The number of amides is 1. The molecule has 0 aliphatic heterocycles. The average Bonchev–Trinajstić information content (AvgIpc) is 3.12. The molecule has 286 valence electrons. The second kappa shape index (κ2) is 35.0. The maximum atomic E-state index is 11.4. The zero-order valence-electron chi connectivity index (χ0n) is 31.0. The summed E-state index contributed by atoms with van der Waals surface area (Å²) in [7, 11) is 4.77. The third-order valence-electron chi connectivity index (χ3n) is 5.00. The first kappa shape index (κ1) is 51.9. The molecule has 5 N–H and O–H groups in total. The normalized spacial score (nSPS) is 8.77. The van der Waals surface area contributed by atoms with E-state index in [-0.39, 0.29) is 24.3 Å². The number of alkyl halides is 2. The van der Waals surface area contributed by atoms with Crippen LogP contribution in [0.4, 0.5) is 4.79 Å². The zero-order valence-corrected chi connectivity index (χ0v) is 33.4. The van der Waals surface area contributed by atoms with Crippen molar-refractivity contribution in [1.29, 1.82) is 0 Å². The summed E-state index contributed by atoms with van der Waals surface area (Å²) in [5.41, 5.74) is 12.2. The Bertz CT molecular complexity index is 1490. The number of aromatic nitrogens is 3. The Kier molecular flexibility index (Phi) is 34.9. The van der Waals surface area contributed by atoms with Gasteiger partial charge in [-0.25, -0.2) is 4.79 Å². The van der Waals surface area contributed by atoms with Gasteiger partial charge in [0.15, 0.2) is 0 Å². The third-order valence-corrected chi connectivity index (χ3v) is 5.00. The maximum Gasteiger partial charge on any atom is 0.408 e. The van der Waals surface area contributed by atoms with Crippen molar-refractivity contribution in [3.05, 3.63) is 72.1 Å². The Morgan fingerprint density at radius 1 is 0.731 bits per heavy atom. The molecular weight excluding hydrogens is 731 g/mol. The van der Waals surface area contributed by atoms with Crippen LogP contribution >= 0.6 is 35.6 Å². The SMILES string of the molecule is CCOCC.COc1ccncc1C#CCN.COc1ccncc1C#CCN.COc1ccncc1C#CCNC(=O)OC(C)(C)C.Cl.ClCCl. The van der Waals surface area contributed by atoms with Crippen LogP contribution in [0.15, 0.2) is 55.4 Å². The van der Waals surface area contributed by atoms with Gasteiger partial charge in [-0.2, -0.15) is 0 Å². The predicted molar refractivity (Wildman–Crippen MR) is 211 cm³/mol. The number of carbonyl (C=O) groups excluding carboxylic acids is 1. The Labute approximate surface area is 325 Å². The van der Waals surface area contributed by atoms with Gasteiger partial charge in [-0.15, -0.1) is 35.6 Å². The summed E-state index contributed by atoms with van der Waals surface area (Å²) in [4.78, 5) is 23.2. The lowest BCUT2D eigenvalue weighted by atomic mass is 10.2. The van der Waals surface area contributed by atoms with Crippen LogP contribution in [0, 0.1) is 35.5 Å². The van der Waals surface area contributed by atoms with Crippen LogP contribution in [-0.2, 0) is 9.47 Å². The van der Waals surface area contributed by atoms with E-state index < -0.39 is 11.7 Å².